The number of halogens is 5. The number of amidine groups is 1. The molecule has 1 heterocycles. The second-order valence-corrected chi connectivity index (χ2v) is 3.47. The van der Waals surface area contributed by atoms with E-state index in [4.69, 9.17) is 0 Å². The van der Waals surface area contributed by atoms with E-state index in [1.165, 1.54) is 12.3 Å². The predicted molar refractivity (Wildman–Crippen MR) is 59.0 cm³/mol. The van der Waals surface area contributed by atoms with Crippen LogP contribution in [0.15, 0.2) is 40.1 Å². The molecule has 1 aromatic rings. The van der Waals surface area contributed by atoms with Crippen molar-refractivity contribution in [2.75, 3.05) is 0 Å². The molecule has 0 atom stereocenters. The van der Waals surface area contributed by atoms with Crippen molar-refractivity contribution >= 4 is 12.1 Å². The second kappa shape index (κ2) is 4.78. The van der Waals surface area contributed by atoms with Gasteiger partial charge in [-0.2, -0.15) is 13.2 Å². The molecule has 0 aromatic heterocycles. The Balaban J connectivity index is 2.62. The van der Waals surface area contributed by atoms with Crippen LogP contribution in [0.1, 0.15) is 11.1 Å². The van der Waals surface area contributed by atoms with Gasteiger partial charge in [-0.15, -0.1) is 0 Å². The standard InChI is InChI=1S/C12H5F5N2/c13-8-4-3-7(10(14)9(8)12(15,16)17)11-18-5-1-2-6-19-11/h1,3-6H. The summed E-state index contributed by atoms with van der Waals surface area (Å²) in [6.45, 7) is 0. The lowest BCUT2D eigenvalue weighted by atomic mass is 10.1. The molecule has 0 spiro atoms. The zero-order valence-electron chi connectivity index (χ0n) is 9.17. The molecule has 1 aliphatic rings. The van der Waals surface area contributed by atoms with Crippen LogP contribution >= 0.6 is 0 Å². The second-order valence-electron chi connectivity index (χ2n) is 3.47. The lowest BCUT2D eigenvalue weighted by Gasteiger charge is -2.11. The Morgan fingerprint density at radius 2 is 1.84 bits per heavy atom. The smallest absolute Gasteiger partial charge is 0.236 e. The zero-order valence-corrected chi connectivity index (χ0v) is 9.17. The lowest BCUT2D eigenvalue weighted by molar-refractivity contribution is -0.142. The highest BCUT2D eigenvalue weighted by molar-refractivity contribution is 6.05. The monoisotopic (exact) mass is 272 g/mol. The van der Waals surface area contributed by atoms with Crippen LogP contribution in [0.4, 0.5) is 22.0 Å². The van der Waals surface area contributed by atoms with Gasteiger partial charge in [0, 0.05) is 12.3 Å². The van der Waals surface area contributed by atoms with Crippen LogP contribution in [0.2, 0.25) is 0 Å². The molecule has 0 amide bonds. The summed E-state index contributed by atoms with van der Waals surface area (Å²) in [5, 5.41) is 0. The highest BCUT2D eigenvalue weighted by Crippen LogP contribution is 2.34. The van der Waals surface area contributed by atoms with Crippen molar-refractivity contribution in [2.45, 2.75) is 6.18 Å². The maximum Gasteiger partial charge on any atom is 0.422 e. The fourth-order valence-corrected chi connectivity index (χ4v) is 1.45. The minimum atomic E-state index is -5.13. The summed E-state index contributed by atoms with van der Waals surface area (Å²) in [4.78, 5) is 7.28. The van der Waals surface area contributed by atoms with Crippen LogP contribution in [0.25, 0.3) is 0 Å². The van der Waals surface area contributed by atoms with E-state index in [0.29, 0.717) is 6.07 Å². The van der Waals surface area contributed by atoms with Crippen molar-refractivity contribution in [1.82, 2.24) is 0 Å². The molecule has 19 heavy (non-hydrogen) atoms. The van der Waals surface area contributed by atoms with Gasteiger partial charge in [-0.3, -0.25) is 0 Å². The SMILES string of the molecule is Fc1ccc(C2=NC=C=CC=N2)c(F)c1C(F)(F)F. The molecule has 98 valence electrons. The number of aliphatic imine (C=N–C) groups is 2. The summed E-state index contributed by atoms with van der Waals surface area (Å²) >= 11 is 0. The Bertz CT molecular complexity index is 634. The van der Waals surface area contributed by atoms with E-state index in [1.807, 2.05) is 0 Å². The average molecular weight is 272 g/mol. The van der Waals surface area contributed by atoms with Gasteiger partial charge in [-0.05, 0) is 12.1 Å². The third-order valence-corrected chi connectivity index (χ3v) is 2.24. The van der Waals surface area contributed by atoms with Gasteiger partial charge in [0.1, 0.15) is 17.2 Å². The molecule has 0 bridgehead atoms. The van der Waals surface area contributed by atoms with Gasteiger partial charge in [0.05, 0.1) is 11.8 Å². The quantitative estimate of drug-likeness (QED) is 0.552. The van der Waals surface area contributed by atoms with Crippen LogP contribution in [-0.4, -0.2) is 12.1 Å². The van der Waals surface area contributed by atoms with Gasteiger partial charge in [-0.25, -0.2) is 18.8 Å². The molecule has 2 rings (SSSR count). The summed E-state index contributed by atoms with van der Waals surface area (Å²) < 4.78 is 64.6. The molecule has 0 saturated heterocycles. The van der Waals surface area contributed by atoms with Crippen LogP contribution in [-0.2, 0) is 6.18 Å². The number of benzene rings is 1. The maximum atomic E-state index is 13.8. The fourth-order valence-electron chi connectivity index (χ4n) is 1.45. The van der Waals surface area contributed by atoms with E-state index in [2.05, 4.69) is 15.7 Å². The molecular weight excluding hydrogens is 267 g/mol. The normalized spacial score (nSPS) is 14.5. The Morgan fingerprint density at radius 3 is 2.53 bits per heavy atom. The third-order valence-electron chi connectivity index (χ3n) is 2.24. The average Bonchev–Trinajstić information content (AvgIpc) is 2.56. The molecule has 1 aliphatic heterocycles. The number of nitrogens with zero attached hydrogens (tertiary/aromatic N) is 2. The number of hydrogen-bond acceptors (Lipinski definition) is 2. The minimum absolute atomic E-state index is 0.288. The number of alkyl halides is 3. The molecular formula is C12H5F5N2. The highest BCUT2D eigenvalue weighted by Gasteiger charge is 2.39. The van der Waals surface area contributed by atoms with Crippen molar-refractivity contribution < 1.29 is 22.0 Å². The molecule has 2 nitrogen and oxygen atoms in total. The van der Waals surface area contributed by atoms with Crippen molar-refractivity contribution in [2.24, 2.45) is 9.98 Å². The molecule has 7 heteroatoms. The van der Waals surface area contributed by atoms with Crippen LogP contribution in [0.5, 0.6) is 0 Å². The third kappa shape index (κ3) is 2.61. The first-order chi connectivity index (χ1) is 8.91. The molecule has 0 fully saturated rings. The first-order valence-electron chi connectivity index (χ1n) is 4.98. The molecule has 0 N–H and O–H groups in total. The Morgan fingerprint density at radius 1 is 1.11 bits per heavy atom. The van der Waals surface area contributed by atoms with Gasteiger partial charge < -0.3 is 0 Å². The van der Waals surface area contributed by atoms with Gasteiger partial charge in [0.15, 0.2) is 5.84 Å². The van der Waals surface area contributed by atoms with E-state index >= 15 is 0 Å². The summed E-state index contributed by atoms with van der Waals surface area (Å²) in [6.07, 6.45) is -1.47. The van der Waals surface area contributed by atoms with Gasteiger partial charge in [-0.1, -0.05) is 5.73 Å². The zero-order chi connectivity index (χ0) is 14.0. The Kier molecular flexibility index (Phi) is 3.31. The molecule has 0 saturated carbocycles. The topological polar surface area (TPSA) is 24.7 Å². The summed E-state index contributed by atoms with van der Waals surface area (Å²) in [5.41, 5.74) is 0.0332. The highest BCUT2D eigenvalue weighted by atomic mass is 19.4. The summed E-state index contributed by atoms with van der Waals surface area (Å²) in [5.74, 6) is -3.71. The Labute approximate surface area is 104 Å². The molecule has 0 radical (unpaired) electrons. The maximum absolute atomic E-state index is 13.8. The van der Waals surface area contributed by atoms with Crippen molar-refractivity contribution in [1.29, 1.82) is 0 Å². The summed E-state index contributed by atoms with van der Waals surface area (Å²) in [6, 6.07) is 1.39. The van der Waals surface area contributed by atoms with E-state index < -0.39 is 28.9 Å². The van der Waals surface area contributed by atoms with E-state index in [9.17, 15) is 22.0 Å². The van der Waals surface area contributed by atoms with Gasteiger partial charge in [0.25, 0.3) is 0 Å². The lowest BCUT2D eigenvalue weighted by Crippen LogP contribution is -2.15. The molecule has 0 aliphatic carbocycles. The van der Waals surface area contributed by atoms with Gasteiger partial charge >= 0.3 is 6.18 Å². The fraction of sp³-hybridized carbons (Fsp3) is 0.0833. The Hall–Kier alpha value is -2.27. The van der Waals surface area contributed by atoms with Crippen LogP contribution in [0, 0.1) is 11.6 Å². The van der Waals surface area contributed by atoms with Crippen molar-refractivity contribution in [3.05, 3.63) is 52.9 Å². The van der Waals surface area contributed by atoms with E-state index in [-0.39, 0.29) is 5.84 Å². The molecule has 1 aromatic carbocycles. The predicted octanol–water partition coefficient (Wildman–Crippen LogP) is 3.48. The van der Waals surface area contributed by atoms with Crippen molar-refractivity contribution in [3.63, 3.8) is 0 Å². The first kappa shape index (κ1) is 13.2. The van der Waals surface area contributed by atoms with E-state index in [1.54, 1.807) is 0 Å². The largest absolute Gasteiger partial charge is 0.422 e. The van der Waals surface area contributed by atoms with Crippen LogP contribution < -0.4 is 0 Å². The first-order valence-corrected chi connectivity index (χ1v) is 4.98. The molecule has 0 unspecified atom stereocenters. The number of allylic oxidation sites excluding steroid dienone is 1. The minimum Gasteiger partial charge on any atom is -0.236 e. The number of rotatable bonds is 1. The van der Waals surface area contributed by atoms with Crippen molar-refractivity contribution in [3.8, 4) is 0 Å². The van der Waals surface area contributed by atoms with Gasteiger partial charge in [0.2, 0.25) is 0 Å². The summed E-state index contributed by atoms with van der Waals surface area (Å²) in [7, 11) is 0. The van der Waals surface area contributed by atoms with E-state index in [0.717, 1.165) is 12.3 Å². The van der Waals surface area contributed by atoms with Crippen LogP contribution in [0.3, 0.4) is 0 Å². The number of hydrogen-bond donors (Lipinski definition) is 0.